The Kier molecular flexibility index (Phi) is 4.64. The van der Waals surface area contributed by atoms with E-state index in [0.717, 1.165) is 54.7 Å². The van der Waals surface area contributed by atoms with Crippen LogP contribution in [0.25, 0.3) is 0 Å². The Morgan fingerprint density at radius 1 is 1.30 bits per heavy atom. The summed E-state index contributed by atoms with van der Waals surface area (Å²) in [5.74, 6) is 0.894. The van der Waals surface area contributed by atoms with Crippen molar-refractivity contribution in [1.82, 2.24) is 0 Å². The molecule has 0 radical (unpaired) electrons. The van der Waals surface area contributed by atoms with Gasteiger partial charge < -0.3 is 14.6 Å². The van der Waals surface area contributed by atoms with E-state index in [0.29, 0.717) is 6.10 Å². The van der Waals surface area contributed by atoms with Gasteiger partial charge in [-0.2, -0.15) is 0 Å². The van der Waals surface area contributed by atoms with E-state index in [-0.39, 0.29) is 0 Å². The number of halogens is 1. The van der Waals surface area contributed by atoms with Crippen LogP contribution in [0.1, 0.15) is 49.3 Å². The molecule has 1 N–H and O–H groups in total. The third-order valence-corrected chi connectivity index (χ3v) is 4.63. The fourth-order valence-electron chi connectivity index (χ4n) is 3.08. The molecule has 3 rings (SSSR count). The first-order chi connectivity index (χ1) is 9.74. The van der Waals surface area contributed by atoms with Gasteiger partial charge in [0.1, 0.15) is 5.75 Å². The summed E-state index contributed by atoms with van der Waals surface area (Å²) in [6.45, 7) is 1.59. The maximum Gasteiger partial charge on any atom is 0.128 e. The summed E-state index contributed by atoms with van der Waals surface area (Å²) in [7, 11) is 0. The first-order valence-corrected chi connectivity index (χ1v) is 8.28. The molecule has 0 aromatic heterocycles. The van der Waals surface area contributed by atoms with E-state index in [9.17, 15) is 5.11 Å². The number of fused-ring (bicyclic) bond motifs is 1. The van der Waals surface area contributed by atoms with Crippen LogP contribution in [0, 0.1) is 0 Å². The highest BCUT2D eigenvalue weighted by Crippen LogP contribution is 2.38. The predicted octanol–water partition coefficient (Wildman–Crippen LogP) is 3.77. The molecule has 2 heterocycles. The Labute approximate surface area is 128 Å². The number of benzene rings is 1. The first-order valence-electron chi connectivity index (χ1n) is 7.49. The smallest absolute Gasteiger partial charge is 0.128 e. The van der Waals surface area contributed by atoms with Crippen LogP contribution in [-0.4, -0.2) is 24.4 Å². The lowest BCUT2D eigenvalue weighted by atomic mass is 9.97. The Morgan fingerprint density at radius 3 is 3.00 bits per heavy atom. The summed E-state index contributed by atoms with van der Waals surface area (Å²) < 4.78 is 12.4. The number of hydrogen-bond acceptors (Lipinski definition) is 3. The third-order valence-electron chi connectivity index (χ3n) is 4.17. The maximum absolute atomic E-state index is 10.5. The largest absolute Gasteiger partial charge is 0.493 e. The van der Waals surface area contributed by atoms with Crippen molar-refractivity contribution in [2.24, 2.45) is 0 Å². The number of rotatable bonds is 4. The molecule has 2 unspecified atom stereocenters. The van der Waals surface area contributed by atoms with E-state index in [1.165, 1.54) is 18.4 Å². The molecule has 0 saturated carbocycles. The van der Waals surface area contributed by atoms with Crippen LogP contribution in [0.15, 0.2) is 16.6 Å². The van der Waals surface area contributed by atoms with Crippen LogP contribution in [0.4, 0.5) is 0 Å². The molecule has 1 aromatic carbocycles. The van der Waals surface area contributed by atoms with Crippen molar-refractivity contribution in [2.75, 3.05) is 13.2 Å². The van der Waals surface area contributed by atoms with Crippen molar-refractivity contribution < 1.29 is 14.6 Å². The van der Waals surface area contributed by atoms with Crippen molar-refractivity contribution in [3.05, 3.63) is 27.7 Å². The minimum Gasteiger partial charge on any atom is -0.493 e. The topological polar surface area (TPSA) is 38.7 Å². The molecule has 3 nitrogen and oxygen atoms in total. The highest BCUT2D eigenvalue weighted by atomic mass is 79.9. The van der Waals surface area contributed by atoms with Crippen LogP contribution in [0.3, 0.4) is 0 Å². The standard InChI is InChI=1S/C16H21BrO3/c17-12-9-11-6-8-20-16(11)14(10-12)15(18)5-4-13-3-1-2-7-19-13/h9-10,13,15,18H,1-8H2. The highest BCUT2D eigenvalue weighted by molar-refractivity contribution is 9.10. The van der Waals surface area contributed by atoms with Gasteiger partial charge in [-0.05, 0) is 49.8 Å². The lowest BCUT2D eigenvalue weighted by Crippen LogP contribution is -2.19. The second kappa shape index (κ2) is 6.46. The SMILES string of the molecule is OC(CCC1CCCCO1)c1cc(Br)cc2c1OCC2. The van der Waals surface area contributed by atoms with E-state index in [4.69, 9.17) is 9.47 Å². The normalized spacial score (nSPS) is 23.2. The van der Waals surface area contributed by atoms with Gasteiger partial charge in [0.15, 0.2) is 0 Å². The zero-order valence-electron chi connectivity index (χ0n) is 11.6. The zero-order chi connectivity index (χ0) is 13.9. The molecule has 0 bridgehead atoms. The van der Waals surface area contributed by atoms with Gasteiger partial charge in [-0.15, -0.1) is 0 Å². The predicted molar refractivity (Wildman–Crippen MR) is 81.1 cm³/mol. The molecule has 20 heavy (non-hydrogen) atoms. The molecule has 2 atom stereocenters. The minimum atomic E-state index is -0.468. The fourth-order valence-corrected chi connectivity index (χ4v) is 3.60. The molecule has 1 saturated heterocycles. The summed E-state index contributed by atoms with van der Waals surface area (Å²) in [5.41, 5.74) is 2.12. The number of hydrogen-bond donors (Lipinski definition) is 1. The zero-order valence-corrected chi connectivity index (χ0v) is 13.2. The van der Waals surface area contributed by atoms with E-state index in [1.807, 2.05) is 6.07 Å². The summed E-state index contributed by atoms with van der Waals surface area (Å²) in [5, 5.41) is 10.5. The maximum atomic E-state index is 10.5. The highest BCUT2D eigenvalue weighted by Gasteiger charge is 2.23. The summed E-state index contributed by atoms with van der Waals surface area (Å²) >= 11 is 3.52. The van der Waals surface area contributed by atoms with Gasteiger partial charge in [0.2, 0.25) is 0 Å². The van der Waals surface area contributed by atoms with Gasteiger partial charge in [0.05, 0.1) is 18.8 Å². The van der Waals surface area contributed by atoms with Crippen molar-refractivity contribution >= 4 is 15.9 Å². The van der Waals surface area contributed by atoms with Crippen molar-refractivity contribution in [3.8, 4) is 5.75 Å². The molecule has 0 amide bonds. The average Bonchev–Trinajstić information content (AvgIpc) is 2.93. The van der Waals surface area contributed by atoms with Gasteiger partial charge in [-0.3, -0.25) is 0 Å². The second-order valence-corrected chi connectivity index (χ2v) is 6.58. The van der Waals surface area contributed by atoms with Gasteiger partial charge >= 0.3 is 0 Å². The van der Waals surface area contributed by atoms with Gasteiger partial charge in [0.25, 0.3) is 0 Å². The van der Waals surface area contributed by atoms with E-state index in [1.54, 1.807) is 0 Å². The second-order valence-electron chi connectivity index (χ2n) is 5.66. The van der Waals surface area contributed by atoms with Crippen LogP contribution in [0.2, 0.25) is 0 Å². The van der Waals surface area contributed by atoms with Crippen molar-refractivity contribution in [3.63, 3.8) is 0 Å². The molecule has 0 aliphatic carbocycles. The first kappa shape index (κ1) is 14.4. The number of aliphatic hydroxyl groups excluding tert-OH is 1. The quantitative estimate of drug-likeness (QED) is 0.906. The average molecular weight is 341 g/mol. The summed E-state index contributed by atoms with van der Waals surface area (Å²) in [6.07, 6.45) is 5.98. The van der Waals surface area contributed by atoms with E-state index < -0.39 is 6.10 Å². The van der Waals surface area contributed by atoms with Crippen LogP contribution in [-0.2, 0) is 11.2 Å². The van der Waals surface area contributed by atoms with Crippen molar-refractivity contribution in [2.45, 2.75) is 50.7 Å². The minimum absolute atomic E-state index is 0.319. The third kappa shape index (κ3) is 3.18. The number of aliphatic hydroxyl groups is 1. The monoisotopic (exact) mass is 340 g/mol. The van der Waals surface area contributed by atoms with Crippen LogP contribution in [0.5, 0.6) is 5.75 Å². The molecule has 110 valence electrons. The Morgan fingerprint density at radius 2 is 2.20 bits per heavy atom. The summed E-state index contributed by atoms with van der Waals surface area (Å²) in [4.78, 5) is 0. The van der Waals surface area contributed by atoms with Gasteiger partial charge in [-0.1, -0.05) is 15.9 Å². The molecule has 2 aliphatic rings. The molecule has 2 aliphatic heterocycles. The Balaban J connectivity index is 1.66. The molecule has 1 fully saturated rings. The molecule has 0 spiro atoms. The Bertz CT molecular complexity index is 469. The van der Waals surface area contributed by atoms with Crippen LogP contribution >= 0.6 is 15.9 Å². The van der Waals surface area contributed by atoms with Crippen molar-refractivity contribution in [1.29, 1.82) is 0 Å². The summed E-state index contributed by atoms with van der Waals surface area (Å²) in [6, 6.07) is 4.07. The van der Waals surface area contributed by atoms with E-state index >= 15 is 0 Å². The Hall–Kier alpha value is -0.580. The molecule has 1 aromatic rings. The van der Waals surface area contributed by atoms with E-state index in [2.05, 4.69) is 22.0 Å². The number of ether oxygens (including phenoxy) is 2. The fraction of sp³-hybridized carbons (Fsp3) is 0.625. The lowest BCUT2D eigenvalue weighted by molar-refractivity contribution is 0.00198. The molecular formula is C16H21BrO3. The molecular weight excluding hydrogens is 320 g/mol. The van der Waals surface area contributed by atoms with Gasteiger partial charge in [0, 0.05) is 23.1 Å². The van der Waals surface area contributed by atoms with Crippen LogP contribution < -0.4 is 4.74 Å². The van der Waals surface area contributed by atoms with Gasteiger partial charge in [-0.25, -0.2) is 0 Å². The lowest BCUT2D eigenvalue weighted by Gasteiger charge is -2.24. The molecule has 4 heteroatoms.